The number of sulfonamides is 1. The first-order valence-electron chi connectivity index (χ1n) is 9.71. The van der Waals surface area contributed by atoms with E-state index >= 15 is 0 Å². The van der Waals surface area contributed by atoms with Crippen LogP contribution in [0.1, 0.15) is 13.8 Å². The molecule has 3 rings (SSSR count). The number of rotatable bonds is 7. The third-order valence-electron chi connectivity index (χ3n) is 4.93. The molecular weight excluding hydrogens is 472 g/mol. The maximum atomic E-state index is 12.9. The molecule has 0 unspecified atom stereocenters. The van der Waals surface area contributed by atoms with Crippen LogP contribution in [0.5, 0.6) is 0 Å². The van der Waals surface area contributed by atoms with Gasteiger partial charge in [0.2, 0.25) is 10.0 Å². The third kappa shape index (κ3) is 5.11. The standard InChI is InChI=1S/C20H25BrN4O4S/c1-15(2)14-22-19-13-17(5-8-20(19)25(26)27)23-9-11-24(12-10-23)30(28,29)18-6-3-16(21)4-7-18/h3-8,13,15,22H,9-12,14H2,1-2H3. The Kier molecular flexibility index (Phi) is 6.99. The van der Waals surface area contributed by atoms with Gasteiger partial charge >= 0.3 is 0 Å². The second kappa shape index (κ2) is 9.32. The van der Waals surface area contributed by atoms with Crippen molar-refractivity contribution >= 4 is 43.0 Å². The van der Waals surface area contributed by atoms with Gasteiger partial charge in [0.15, 0.2) is 0 Å². The number of nitro benzene ring substituents is 1. The highest BCUT2D eigenvalue weighted by Gasteiger charge is 2.29. The van der Waals surface area contributed by atoms with E-state index in [1.807, 2.05) is 13.8 Å². The van der Waals surface area contributed by atoms with Crippen LogP contribution in [0.2, 0.25) is 0 Å². The molecule has 0 aromatic heterocycles. The summed E-state index contributed by atoms with van der Waals surface area (Å²) in [6.45, 7) is 6.42. The fraction of sp³-hybridized carbons (Fsp3) is 0.400. The number of hydrogen-bond donors (Lipinski definition) is 1. The van der Waals surface area contributed by atoms with Crippen molar-refractivity contribution < 1.29 is 13.3 Å². The van der Waals surface area contributed by atoms with Gasteiger partial charge in [-0.3, -0.25) is 10.1 Å². The van der Waals surface area contributed by atoms with Crippen molar-refractivity contribution in [2.45, 2.75) is 18.7 Å². The molecule has 30 heavy (non-hydrogen) atoms. The van der Waals surface area contributed by atoms with Crippen molar-refractivity contribution in [3.8, 4) is 0 Å². The van der Waals surface area contributed by atoms with Crippen LogP contribution in [0.15, 0.2) is 51.8 Å². The summed E-state index contributed by atoms with van der Waals surface area (Å²) in [6, 6.07) is 11.6. The summed E-state index contributed by atoms with van der Waals surface area (Å²) in [7, 11) is -3.54. The van der Waals surface area contributed by atoms with E-state index in [9.17, 15) is 18.5 Å². The van der Waals surface area contributed by atoms with Crippen molar-refractivity contribution in [2.75, 3.05) is 42.9 Å². The Labute approximate surface area is 185 Å². The van der Waals surface area contributed by atoms with Crippen molar-refractivity contribution in [3.05, 3.63) is 57.1 Å². The highest BCUT2D eigenvalue weighted by molar-refractivity contribution is 9.10. The number of nitrogens with one attached hydrogen (secondary N) is 1. The zero-order valence-electron chi connectivity index (χ0n) is 16.9. The lowest BCUT2D eigenvalue weighted by Crippen LogP contribution is -2.48. The Morgan fingerprint density at radius 1 is 1.10 bits per heavy atom. The Hall–Kier alpha value is -2.17. The summed E-state index contributed by atoms with van der Waals surface area (Å²) >= 11 is 3.32. The number of anilines is 2. The summed E-state index contributed by atoms with van der Waals surface area (Å²) in [4.78, 5) is 13.3. The molecule has 0 bridgehead atoms. The van der Waals surface area contributed by atoms with E-state index in [0.717, 1.165) is 10.2 Å². The summed E-state index contributed by atoms with van der Waals surface area (Å²) in [5.74, 6) is 0.348. The van der Waals surface area contributed by atoms with Crippen molar-refractivity contribution in [2.24, 2.45) is 5.92 Å². The molecule has 0 radical (unpaired) electrons. The molecule has 1 aliphatic rings. The second-order valence-electron chi connectivity index (χ2n) is 7.58. The molecule has 0 aliphatic carbocycles. The van der Waals surface area contributed by atoms with Gasteiger partial charge in [0.05, 0.1) is 9.82 Å². The van der Waals surface area contributed by atoms with Crippen LogP contribution in [0.4, 0.5) is 17.1 Å². The van der Waals surface area contributed by atoms with E-state index in [1.165, 1.54) is 10.4 Å². The monoisotopic (exact) mass is 496 g/mol. The highest BCUT2D eigenvalue weighted by Crippen LogP contribution is 2.31. The fourth-order valence-corrected chi connectivity index (χ4v) is 4.96. The molecule has 2 aromatic carbocycles. The van der Waals surface area contributed by atoms with E-state index in [2.05, 4.69) is 26.1 Å². The van der Waals surface area contributed by atoms with Gasteiger partial charge in [-0.2, -0.15) is 4.31 Å². The summed E-state index contributed by atoms with van der Waals surface area (Å²) in [5, 5.41) is 14.5. The average molecular weight is 497 g/mol. The van der Waals surface area contributed by atoms with Gasteiger partial charge in [0.1, 0.15) is 5.69 Å². The van der Waals surface area contributed by atoms with Crippen LogP contribution in [-0.4, -0.2) is 50.4 Å². The number of halogens is 1. The number of nitro groups is 1. The van der Waals surface area contributed by atoms with Gasteiger partial charge in [0, 0.05) is 49.0 Å². The van der Waals surface area contributed by atoms with Crippen molar-refractivity contribution in [3.63, 3.8) is 0 Å². The highest BCUT2D eigenvalue weighted by atomic mass is 79.9. The molecule has 2 aromatic rings. The lowest BCUT2D eigenvalue weighted by atomic mass is 10.2. The molecule has 10 heteroatoms. The van der Waals surface area contributed by atoms with E-state index in [4.69, 9.17) is 0 Å². The molecule has 0 atom stereocenters. The average Bonchev–Trinajstić information content (AvgIpc) is 2.72. The maximum absolute atomic E-state index is 12.9. The van der Waals surface area contributed by atoms with Gasteiger partial charge in [-0.1, -0.05) is 29.8 Å². The van der Waals surface area contributed by atoms with Gasteiger partial charge in [-0.25, -0.2) is 8.42 Å². The minimum absolute atomic E-state index is 0.0378. The topological polar surface area (TPSA) is 95.8 Å². The molecule has 1 N–H and O–H groups in total. The predicted octanol–water partition coefficient (Wildman–Crippen LogP) is 3.94. The van der Waals surface area contributed by atoms with Gasteiger partial charge in [-0.15, -0.1) is 0 Å². The van der Waals surface area contributed by atoms with E-state index in [-0.39, 0.29) is 10.6 Å². The smallest absolute Gasteiger partial charge is 0.292 e. The molecule has 1 fully saturated rings. The molecule has 1 heterocycles. The van der Waals surface area contributed by atoms with Gasteiger partial charge in [-0.05, 0) is 42.3 Å². The molecule has 1 aliphatic heterocycles. The lowest BCUT2D eigenvalue weighted by molar-refractivity contribution is -0.383. The van der Waals surface area contributed by atoms with Crippen LogP contribution >= 0.6 is 15.9 Å². The number of piperazine rings is 1. The molecule has 1 saturated heterocycles. The van der Waals surface area contributed by atoms with Crippen LogP contribution < -0.4 is 10.2 Å². The number of nitrogens with zero attached hydrogens (tertiary/aromatic N) is 3. The Bertz CT molecular complexity index is 1000. The van der Waals surface area contributed by atoms with Gasteiger partial charge < -0.3 is 10.2 Å². The minimum atomic E-state index is -3.54. The Balaban J connectivity index is 1.73. The molecular formula is C20H25BrN4O4S. The second-order valence-corrected chi connectivity index (χ2v) is 10.4. The predicted molar refractivity (Wildman–Crippen MR) is 122 cm³/mol. The minimum Gasteiger partial charge on any atom is -0.379 e. The number of hydrogen-bond acceptors (Lipinski definition) is 6. The first kappa shape index (κ1) is 22.5. The van der Waals surface area contributed by atoms with Crippen LogP contribution in [0.3, 0.4) is 0 Å². The molecule has 8 nitrogen and oxygen atoms in total. The normalized spacial score (nSPS) is 15.4. The largest absolute Gasteiger partial charge is 0.379 e. The molecule has 0 amide bonds. The van der Waals surface area contributed by atoms with Crippen LogP contribution in [0.25, 0.3) is 0 Å². The Morgan fingerprint density at radius 3 is 2.30 bits per heavy atom. The molecule has 0 saturated carbocycles. The molecule has 0 spiro atoms. The number of benzene rings is 2. The van der Waals surface area contributed by atoms with Crippen molar-refractivity contribution in [1.82, 2.24) is 4.31 Å². The summed E-state index contributed by atoms with van der Waals surface area (Å²) in [5.41, 5.74) is 1.36. The molecule has 162 valence electrons. The quantitative estimate of drug-likeness (QED) is 0.460. The van der Waals surface area contributed by atoms with E-state index in [0.29, 0.717) is 44.3 Å². The first-order chi connectivity index (χ1) is 14.2. The van der Waals surface area contributed by atoms with E-state index < -0.39 is 14.9 Å². The first-order valence-corrected chi connectivity index (χ1v) is 11.9. The zero-order valence-corrected chi connectivity index (χ0v) is 19.3. The van der Waals surface area contributed by atoms with Crippen molar-refractivity contribution in [1.29, 1.82) is 0 Å². The third-order valence-corrected chi connectivity index (χ3v) is 7.37. The van der Waals surface area contributed by atoms with E-state index in [1.54, 1.807) is 36.4 Å². The lowest BCUT2D eigenvalue weighted by Gasteiger charge is -2.35. The summed E-state index contributed by atoms with van der Waals surface area (Å²) < 4.78 is 28.1. The summed E-state index contributed by atoms with van der Waals surface area (Å²) in [6.07, 6.45) is 0. The fourth-order valence-electron chi connectivity index (χ4n) is 3.28. The maximum Gasteiger partial charge on any atom is 0.292 e. The van der Waals surface area contributed by atoms with Crippen LogP contribution in [0, 0.1) is 16.0 Å². The van der Waals surface area contributed by atoms with Gasteiger partial charge in [0.25, 0.3) is 5.69 Å². The van der Waals surface area contributed by atoms with Crippen LogP contribution in [-0.2, 0) is 10.0 Å². The zero-order chi connectivity index (χ0) is 21.9. The SMILES string of the molecule is CC(C)CNc1cc(N2CCN(S(=O)(=O)c3ccc(Br)cc3)CC2)ccc1[N+](=O)[O-]. The Morgan fingerprint density at radius 2 is 1.73 bits per heavy atom.